The Hall–Kier alpha value is -0.860. The molecular formula is C9H14O2. The summed E-state index contributed by atoms with van der Waals surface area (Å²) < 4.78 is 0. The van der Waals surface area contributed by atoms with Crippen LogP contribution in [0.1, 0.15) is 12.8 Å². The number of allylic oxidation sites excluding steroid dienone is 5. The van der Waals surface area contributed by atoms with Crippen molar-refractivity contribution in [3.63, 3.8) is 0 Å². The Bertz CT molecular complexity index is 146. The van der Waals surface area contributed by atoms with Crippen LogP contribution in [0.4, 0.5) is 0 Å². The second kappa shape index (κ2) is 7.25. The van der Waals surface area contributed by atoms with Gasteiger partial charge in [0, 0.05) is 6.42 Å². The molecular weight excluding hydrogens is 140 g/mol. The van der Waals surface area contributed by atoms with E-state index in [0.29, 0.717) is 12.8 Å². The number of aliphatic hydroxyl groups is 2. The van der Waals surface area contributed by atoms with Gasteiger partial charge in [-0.15, -0.1) is 0 Å². The standard InChI is InChI=1S/C9H14O2/c1-2-3-4-5-6-7-8-9(10)11/h2-6,9-11H,1,7-8H2/b4-3-,6-5+. The van der Waals surface area contributed by atoms with Crippen LogP contribution in [-0.2, 0) is 0 Å². The monoisotopic (exact) mass is 154 g/mol. The highest BCUT2D eigenvalue weighted by atomic mass is 16.5. The molecule has 0 aliphatic heterocycles. The molecule has 2 heteroatoms. The van der Waals surface area contributed by atoms with E-state index in [1.807, 2.05) is 24.3 Å². The van der Waals surface area contributed by atoms with Crippen LogP contribution in [0.3, 0.4) is 0 Å². The van der Waals surface area contributed by atoms with E-state index < -0.39 is 6.29 Å². The van der Waals surface area contributed by atoms with E-state index in [0.717, 1.165) is 0 Å². The Morgan fingerprint density at radius 3 is 2.45 bits per heavy atom. The van der Waals surface area contributed by atoms with Crippen LogP contribution in [0.5, 0.6) is 0 Å². The Morgan fingerprint density at radius 1 is 1.18 bits per heavy atom. The van der Waals surface area contributed by atoms with Crippen LogP contribution in [0.25, 0.3) is 0 Å². The average molecular weight is 154 g/mol. The molecule has 0 unspecified atom stereocenters. The molecule has 0 amide bonds. The quantitative estimate of drug-likeness (QED) is 0.464. The molecule has 0 aromatic heterocycles. The van der Waals surface area contributed by atoms with Gasteiger partial charge < -0.3 is 10.2 Å². The van der Waals surface area contributed by atoms with E-state index in [2.05, 4.69) is 6.58 Å². The predicted molar refractivity (Wildman–Crippen MR) is 45.9 cm³/mol. The summed E-state index contributed by atoms with van der Waals surface area (Å²) in [6, 6.07) is 0. The van der Waals surface area contributed by atoms with Crippen molar-refractivity contribution in [2.75, 3.05) is 0 Å². The highest BCUT2D eigenvalue weighted by molar-refractivity contribution is 5.08. The lowest BCUT2D eigenvalue weighted by Gasteiger charge is -1.96. The third-order valence-electron chi connectivity index (χ3n) is 1.09. The van der Waals surface area contributed by atoms with Crippen molar-refractivity contribution in [1.82, 2.24) is 0 Å². The van der Waals surface area contributed by atoms with E-state index in [1.165, 1.54) is 0 Å². The minimum absolute atomic E-state index is 0.387. The summed E-state index contributed by atoms with van der Waals surface area (Å²) in [5.41, 5.74) is 0. The van der Waals surface area contributed by atoms with Crippen molar-refractivity contribution in [2.24, 2.45) is 0 Å². The van der Waals surface area contributed by atoms with Crippen molar-refractivity contribution in [3.05, 3.63) is 37.0 Å². The zero-order valence-electron chi connectivity index (χ0n) is 6.48. The number of rotatable bonds is 5. The van der Waals surface area contributed by atoms with Gasteiger partial charge in [-0.05, 0) is 6.42 Å². The van der Waals surface area contributed by atoms with Gasteiger partial charge in [0.2, 0.25) is 0 Å². The third-order valence-corrected chi connectivity index (χ3v) is 1.09. The maximum Gasteiger partial charge on any atom is 0.151 e. The SMILES string of the molecule is C=C/C=C\C=C\CCC(O)O. The van der Waals surface area contributed by atoms with Crippen LogP contribution < -0.4 is 0 Å². The van der Waals surface area contributed by atoms with E-state index in [4.69, 9.17) is 10.2 Å². The normalized spacial score (nSPS) is 11.9. The minimum atomic E-state index is -1.19. The molecule has 0 saturated carbocycles. The highest BCUT2D eigenvalue weighted by Crippen LogP contribution is 1.94. The molecule has 0 fully saturated rings. The molecule has 62 valence electrons. The van der Waals surface area contributed by atoms with E-state index in [1.54, 1.807) is 6.08 Å². The maximum absolute atomic E-state index is 8.44. The first-order chi connectivity index (χ1) is 5.27. The smallest absolute Gasteiger partial charge is 0.151 e. The fourth-order valence-corrected chi connectivity index (χ4v) is 0.563. The first-order valence-corrected chi connectivity index (χ1v) is 3.57. The van der Waals surface area contributed by atoms with Gasteiger partial charge in [0.25, 0.3) is 0 Å². The average Bonchev–Trinajstić information content (AvgIpc) is 1.96. The number of hydrogen-bond acceptors (Lipinski definition) is 2. The lowest BCUT2D eigenvalue weighted by molar-refractivity contribution is -0.0442. The molecule has 0 spiro atoms. The summed E-state index contributed by atoms with van der Waals surface area (Å²) in [6.45, 7) is 3.51. The summed E-state index contributed by atoms with van der Waals surface area (Å²) in [5, 5.41) is 16.9. The second-order valence-corrected chi connectivity index (χ2v) is 2.11. The highest BCUT2D eigenvalue weighted by Gasteiger charge is 1.91. The lowest BCUT2D eigenvalue weighted by Crippen LogP contribution is -2.01. The molecule has 0 atom stereocenters. The predicted octanol–water partition coefficient (Wildman–Crippen LogP) is 1.38. The van der Waals surface area contributed by atoms with Crippen LogP contribution in [-0.4, -0.2) is 16.5 Å². The molecule has 0 radical (unpaired) electrons. The van der Waals surface area contributed by atoms with Crippen LogP contribution in [0.2, 0.25) is 0 Å². The van der Waals surface area contributed by atoms with Crippen molar-refractivity contribution in [2.45, 2.75) is 19.1 Å². The number of aliphatic hydroxyl groups excluding tert-OH is 1. The number of hydrogen-bond donors (Lipinski definition) is 2. The van der Waals surface area contributed by atoms with Gasteiger partial charge in [0.05, 0.1) is 0 Å². The Labute approximate surface area is 67.2 Å². The molecule has 0 bridgehead atoms. The van der Waals surface area contributed by atoms with Crippen molar-refractivity contribution < 1.29 is 10.2 Å². The minimum Gasteiger partial charge on any atom is -0.368 e. The van der Waals surface area contributed by atoms with Gasteiger partial charge in [0.15, 0.2) is 6.29 Å². The molecule has 0 aromatic carbocycles. The van der Waals surface area contributed by atoms with Gasteiger partial charge in [-0.1, -0.05) is 37.0 Å². The van der Waals surface area contributed by atoms with Gasteiger partial charge in [-0.2, -0.15) is 0 Å². The van der Waals surface area contributed by atoms with Crippen molar-refractivity contribution in [3.8, 4) is 0 Å². The first-order valence-electron chi connectivity index (χ1n) is 3.57. The molecule has 0 rings (SSSR count). The summed E-state index contributed by atoms with van der Waals surface area (Å²) >= 11 is 0. The molecule has 0 heterocycles. The Kier molecular flexibility index (Phi) is 6.68. The summed E-state index contributed by atoms with van der Waals surface area (Å²) in [6.07, 6.45) is 8.94. The fraction of sp³-hybridized carbons (Fsp3) is 0.333. The van der Waals surface area contributed by atoms with Gasteiger partial charge in [0.1, 0.15) is 0 Å². The third kappa shape index (κ3) is 9.14. The second-order valence-electron chi connectivity index (χ2n) is 2.11. The van der Waals surface area contributed by atoms with Crippen LogP contribution in [0.15, 0.2) is 37.0 Å². The Balaban J connectivity index is 3.30. The molecule has 2 nitrogen and oxygen atoms in total. The van der Waals surface area contributed by atoms with Crippen molar-refractivity contribution >= 4 is 0 Å². The van der Waals surface area contributed by atoms with Gasteiger partial charge in [-0.25, -0.2) is 0 Å². The lowest BCUT2D eigenvalue weighted by atomic mass is 10.3. The van der Waals surface area contributed by atoms with Gasteiger partial charge >= 0.3 is 0 Å². The molecule has 0 aliphatic carbocycles. The van der Waals surface area contributed by atoms with Crippen molar-refractivity contribution in [1.29, 1.82) is 0 Å². The van der Waals surface area contributed by atoms with E-state index >= 15 is 0 Å². The van der Waals surface area contributed by atoms with Gasteiger partial charge in [-0.3, -0.25) is 0 Å². The molecule has 0 aliphatic rings. The van der Waals surface area contributed by atoms with E-state index in [-0.39, 0.29) is 0 Å². The molecule has 11 heavy (non-hydrogen) atoms. The van der Waals surface area contributed by atoms with Crippen LogP contribution >= 0.6 is 0 Å². The summed E-state index contributed by atoms with van der Waals surface area (Å²) in [5.74, 6) is 0. The maximum atomic E-state index is 8.44. The zero-order chi connectivity index (χ0) is 8.53. The fourth-order valence-electron chi connectivity index (χ4n) is 0.563. The first kappa shape index (κ1) is 10.1. The van der Waals surface area contributed by atoms with E-state index in [9.17, 15) is 0 Å². The molecule has 0 aromatic rings. The molecule has 0 saturated heterocycles. The topological polar surface area (TPSA) is 40.5 Å². The van der Waals surface area contributed by atoms with Crippen LogP contribution in [0, 0.1) is 0 Å². The Morgan fingerprint density at radius 2 is 1.91 bits per heavy atom. The zero-order valence-corrected chi connectivity index (χ0v) is 6.48. The largest absolute Gasteiger partial charge is 0.368 e. The summed E-state index contributed by atoms with van der Waals surface area (Å²) in [7, 11) is 0. The molecule has 2 N–H and O–H groups in total. The summed E-state index contributed by atoms with van der Waals surface area (Å²) in [4.78, 5) is 0.